The number of aliphatic hydroxyl groups is 5. The van der Waals surface area contributed by atoms with Crippen LogP contribution < -0.4 is 5.32 Å². The van der Waals surface area contributed by atoms with Crippen LogP contribution in [-0.2, 0) is 14.3 Å². The highest BCUT2D eigenvalue weighted by Crippen LogP contribution is 2.24. The largest absolute Gasteiger partial charge is 0.394 e. The first-order valence-corrected chi connectivity index (χ1v) is 40.8. The minimum Gasteiger partial charge on any atom is -0.394 e. The van der Waals surface area contributed by atoms with Crippen LogP contribution in [0.25, 0.3) is 0 Å². The number of hydrogen-bond acceptors (Lipinski definition) is 8. The molecule has 1 fully saturated rings. The van der Waals surface area contributed by atoms with E-state index in [4.69, 9.17) is 9.47 Å². The van der Waals surface area contributed by atoms with Crippen molar-refractivity contribution >= 4 is 5.91 Å². The van der Waals surface area contributed by atoms with E-state index in [0.29, 0.717) is 6.42 Å². The second-order valence-electron chi connectivity index (χ2n) is 28.2. The van der Waals surface area contributed by atoms with Crippen molar-refractivity contribution in [3.05, 3.63) is 85.1 Å². The van der Waals surface area contributed by atoms with Crippen LogP contribution in [0.4, 0.5) is 0 Å². The van der Waals surface area contributed by atoms with Gasteiger partial charge in [0, 0.05) is 6.42 Å². The van der Waals surface area contributed by atoms with E-state index in [-0.39, 0.29) is 12.5 Å². The van der Waals surface area contributed by atoms with Gasteiger partial charge in [0.15, 0.2) is 6.29 Å². The molecule has 7 atom stereocenters. The molecule has 0 saturated carbocycles. The van der Waals surface area contributed by atoms with Crippen molar-refractivity contribution in [1.82, 2.24) is 5.32 Å². The molecule has 1 heterocycles. The van der Waals surface area contributed by atoms with Crippen LogP contribution in [0.5, 0.6) is 0 Å². The van der Waals surface area contributed by atoms with Crippen LogP contribution in [0.3, 0.4) is 0 Å². The molecule has 0 radical (unpaired) electrons. The maximum Gasteiger partial charge on any atom is 0.220 e. The summed E-state index contributed by atoms with van der Waals surface area (Å²) in [4.78, 5) is 13.2. The Bertz CT molecular complexity index is 1770. The third kappa shape index (κ3) is 60.5. The summed E-state index contributed by atoms with van der Waals surface area (Å²) in [6.45, 7) is 3.72. The van der Waals surface area contributed by atoms with Gasteiger partial charge in [0.2, 0.25) is 5.91 Å². The molecule has 6 N–H and O–H groups in total. The highest BCUT2D eigenvalue weighted by Gasteiger charge is 2.44. The van der Waals surface area contributed by atoms with Crippen molar-refractivity contribution in [3.8, 4) is 0 Å². The molecule has 0 bridgehead atoms. The van der Waals surface area contributed by atoms with Crippen LogP contribution >= 0.6 is 0 Å². The van der Waals surface area contributed by atoms with E-state index >= 15 is 0 Å². The lowest BCUT2D eigenvalue weighted by atomic mass is 9.99. The molecule has 9 nitrogen and oxygen atoms in total. The van der Waals surface area contributed by atoms with Gasteiger partial charge in [-0.05, 0) is 70.6 Å². The van der Waals surface area contributed by atoms with Gasteiger partial charge in [0.25, 0.3) is 0 Å². The van der Waals surface area contributed by atoms with Gasteiger partial charge in [0.05, 0.1) is 25.4 Å². The number of amides is 1. The zero-order chi connectivity index (χ0) is 67.8. The second kappa shape index (κ2) is 73.1. The van der Waals surface area contributed by atoms with E-state index in [1.165, 1.54) is 295 Å². The van der Waals surface area contributed by atoms with Gasteiger partial charge in [0.1, 0.15) is 24.4 Å². The summed E-state index contributed by atoms with van der Waals surface area (Å²) in [5.41, 5.74) is 0. The molecule has 0 aromatic carbocycles. The Hall–Kier alpha value is -2.63. The van der Waals surface area contributed by atoms with Crippen LogP contribution in [0.15, 0.2) is 85.1 Å². The highest BCUT2D eigenvalue weighted by molar-refractivity contribution is 5.76. The van der Waals surface area contributed by atoms with E-state index in [9.17, 15) is 30.3 Å². The van der Waals surface area contributed by atoms with E-state index in [1.807, 2.05) is 6.08 Å². The quantitative estimate of drug-likeness (QED) is 0.0261. The lowest BCUT2D eigenvalue weighted by Crippen LogP contribution is -2.60. The van der Waals surface area contributed by atoms with Crippen LogP contribution in [-0.4, -0.2) is 87.5 Å². The number of carbonyl (C=O) groups excluding carboxylic acids is 1. The first kappa shape index (κ1) is 89.4. The molecular weight excluding hydrogens is 1160 g/mol. The molecule has 7 unspecified atom stereocenters. The van der Waals surface area contributed by atoms with Crippen molar-refractivity contribution in [3.63, 3.8) is 0 Å². The maximum absolute atomic E-state index is 13.2. The molecule has 548 valence electrons. The summed E-state index contributed by atoms with van der Waals surface area (Å²) in [7, 11) is 0. The smallest absolute Gasteiger partial charge is 0.220 e. The van der Waals surface area contributed by atoms with E-state index in [0.717, 1.165) is 77.0 Å². The minimum absolute atomic E-state index is 0.171. The van der Waals surface area contributed by atoms with Gasteiger partial charge in [-0.1, -0.05) is 401 Å². The lowest BCUT2D eigenvalue weighted by molar-refractivity contribution is -0.302. The van der Waals surface area contributed by atoms with Crippen molar-refractivity contribution in [2.75, 3.05) is 13.2 Å². The number of ether oxygens (including phenoxy) is 2. The van der Waals surface area contributed by atoms with Crippen LogP contribution in [0, 0.1) is 0 Å². The normalized spacial score (nSPS) is 18.0. The number of hydrogen-bond donors (Lipinski definition) is 6. The lowest BCUT2D eigenvalue weighted by Gasteiger charge is -2.40. The molecule has 9 heteroatoms. The fourth-order valence-electron chi connectivity index (χ4n) is 12.9. The Balaban J connectivity index is 2.06. The number of rotatable bonds is 72. The van der Waals surface area contributed by atoms with Gasteiger partial charge in [-0.25, -0.2) is 0 Å². The maximum atomic E-state index is 13.2. The molecule has 0 aromatic heterocycles. The zero-order valence-electron chi connectivity index (χ0n) is 61.7. The summed E-state index contributed by atoms with van der Waals surface area (Å²) in [6.07, 6.45) is 98.8. The van der Waals surface area contributed by atoms with E-state index < -0.39 is 49.5 Å². The Kier molecular flexibility index (Phi) is 69.5. The molecular formula is C85H155NO8. The number of unbranched alkanes of at least 4 members (excludes halogenated alkanes) is 50. The minimum atomic E-state index is -1.57. The average Bonchev–Trinajstić information content (AvgIpc) is 0.829. The van der Waals surface area contributed by atoms with Gasteiger partial charge < -0.3 is 40.3 Å². The molecule has 1 aliphatic heterocycles. The summed E-state index contributed by atoms with van der Waals surface area (Å²) >= 11 is 0. The Morgan fingerprint density at radius 3 is 0.979 bits per heavy atom. The topological polar surface area (TPSA) is 149 Å². The number of aliphatic hydroxyl groups excluding tert-OH is 5. The van der Waals surface area contributed by atoms with Crippen molar-refractivity contribution in [2.24, 2.45) is 0 Å². The van der Waals surface area contributed by atoms with E-state index in [1.54, 1.807) is 6.08 Å². The van der Waals surface area contributed by atoms with Crippen LogP contribution in [0.1, 0.15) is 393 Å². The molecule has 94 heavy (non-hydrogen) atoms. The molecule has 1 amide bonds. The van der Waals surface area contributed by atoms with Crippen molar-refractivity contribution in [1.29, 1.82) is 0 Å². The Morgan fingerprint density at radius 1 is 0.372 bits per heavy atom. The SMILES string of the molecule is CC/C=C\C/C=C\C/C=C\C/C=C\C/C=C\C/C=C\CCCCCCCCCCCCCCCCCCCCCCC(=O)NC(COC1OC(CO)C(O)C(O)C1O)C(O)/C=C/CCCCCCCCCCCCCCCCCCCCCCCCCCCCCCCC. The number of carbonyl (C=O) groups is 1. The van der Waals surface area contributed by atoms with Gasteiger partial charge in [-0.2, -0.15) is 0 Å². The first-order valence-electron chi connectivity index (χ1n) is 40.8. The van der Waals surface area contributed by atoms with Crippen molar-refractivity contribution < 1.29 is 39.8 Å². The number of allylic oxidation sites excluding steroid dienone is 13. The van der Waals surface area contributed by atoms with Crippen molar-refractivity contribution in [2.45, 2.75) is 436 Å². The molecule has 1 rings (SSSR count). The summed E-state index contributed by atoms with van der Waals surface area (Å²) in [5, 5.41) is 55.0. The zero-order valence-corrected chi connectivity index (χ0v) is 61.7. The Morgan fingerprint density at radius 2 is 0.660 bits per heavy atom. The second-order valence-corrected chi connectivity index (χ2v) is 28.2. The molecule has 1 aliphatic rings. The van der Waals surface area contributed by atoms with E-state index in [2.05, 4.69) is 92.1 Å². The molecule has 1 saturated heterocycles. The third-order valence-electron chi connectivity index (χ3n) is 19.2. The number of nitrogens with one attached hydrogen (secondary N) is 1. The third-order valence-corrected chi connectivity index (χ3v) is 19.2. The monoisotopic (exact) mass is 1320 g/mol. The summed E-state index contributed by atoms with van der Waals surface area (Å²) in [5.74, 6) is -0.171. The Labute approximate surface area is 581 Å². The summed E-state index contributed by atoms with van der Waals surface area (Å²) < 4.78 is 11.4. The first-order chi connectivity index (χ1) is 46.3. The fraction of sp³-hybridized carbons (Fsp3) is 0.824. The van der Waals surface area contributed by atoms with Crippen LogP contribution in [0.2, 0.25) is 0 Å². The molecule has 0 aromatic rings. The standard InChI is InChI=1S/C85H155NO8/c1-3-5-7-9-11-13-15-17-19-21-23-25-27-29-31-33-35-37-38-39-40-41-42-43-45-47-49-51-53-55-57-59-61-63-65-67-69-71-73-75-81(89)86-78(77-93-85-84(92)83(91)82(90)80(76-87)94-85)79(88)74-72-70-68-66-64-62-60-58-56-54-52-50-48-46-44-36-34-32-30-28-26-24-22-20-18-16-14-12-10-8-6-4-2/h5,7,11,13,17,19,23,25,29,31,35,37,72,74,78-80,82-85,87-88,90-92H,3-4,6,8-10,12,14-16,18,20-22,24,26-28,30,32-34,36,38-71,73,75-77H2,1-2H3,(H,86,89)/b7-5-,13-11-,19-17-,25-23-,31-29-,37-35-,74-72+. The van der Waals surface area contributed by atoms with Gasteiger partial charge in [-0.3, -0.25) is 4.79 Å². The highest BCUT2D eigenvalue weighted by atomic mass is 16.7. The molecule has 0 spiro atoms. The van der Waals surface area contributed by atoms with Gasteiger partial charge in [-0.15, -0.1) is 0 Å². The molecule has 0 aliphatic carbocycles. The predicted molar refractivity (Wildman–Crippen MR) is 405 cm³/mol. The van der Waals surface area contributed by atoms with Gasteiger partial charge >= 0.3 is 0 Å². The summed E-state index contributed by atoms with van der Waals surface area (Å²) in [6, 6.07) is -0.809. The predicted octanol–water partition coefficient (Wildman–Crippen LogP) is 23.6. The fourth-order valence-corrected chi connectivity index (χ4v) is 12.9. The average molecular weight is 1320 g/mol.